The van der Waals surface area contributed by atoms with E-state index in [1.54, 1.807) is 0 Å². The first kappa shape index (κ1) is 15.8. The van der Waals surface area contributed by atoms with E-state index in [1.807, 2.05) is 0 Å². The molecule has 0 spiro atoms. The molecule has 0 rings (SSSR count). The van der Waals surface area contributed by atoms with Gasteiger partial charge in [0.2, 0.25) is 0 Å². The third-order valence-corrected chi connectivity index (χ3v) is 0. The van der Waals surface area contributed by atoms with Gasteiger partial charge in [-0.15, -0.1) is 0 Å². The fourth-order valence-electron chi connectivity index (χ4n) is 0. The molecule has 0 bridgehead atoms. The quantitative estimate of drug-likeness (QED) is 0.330. The Morgan fingerprint density at radius 3 is 1.00 bits per heavy atom. The Bertz CT molecular complexity index is 7.61. The first-order valence-corrected chi connectivity index (χ1v) is 0.516. The minimum atomic E-state index is 0. The summed E-state index contributed by atoms with van der Waals surface area (Å²) in [7, 11) is 0. The van der Waals surface area contributed by atoms with E-state index in [4.69, 9.17) is 10.0 Å². The molecule has 5 heavy (non-hydrogen) atoms. The van der Waals surface area contributed by atoms with Gasteiger partial charge in [0.05, 0.1) is 0 Å². The van der Waals surface area contributed by atoms with Crippen molar-refractivity contribution in [3.8, 4) is 0 Å². The molecule has 0 saturated heterocycles. The van der Waals surface area contributed by atoms with Crippen LogP contribution in [0.25, 0.3) is 0 Å². The molecule has 0 aliphatic rings. The zero-order valence-electron chi connectivity index (χ0n) is 3.47. The Morgan fingerprint density at radius 1 is 1.00 bits per heavy atom. The van der Waals surface area contributed by atoms with Crippen molar-refractivity contribution in [1.29, 1.82) is 0 Å². The largest absolute Gasteiger partial charge is 0.482 e. The normalized spacial score (nSPS) is 2.80. The van der Waals surface area contributed by atoms with E-state index in [9.17, 15) is 0 Å². The van der Waals surface area contributed by atoms with Gasteiger partial charge in [0.1, 0.15) is 0 Å². The minimum absolute atomic E-state index is 0. The van der Waals surface area contributed by atoms with E-state index >= 15 is 0 Å². The Labute approximate surface area is 75.8 Å². The van der Waals surface area contributed by atoms with E-state index < -0.39 is 0 Å². The third-order valence-electron chi connectivity index (χ3n) is 0. The van der Waals surface area contributed by atoms with Crippen LogP contribution in [0.1, 0.15) is 0 Å². The predicted octanol–water partition coefficient (Wildman–Crippen LogP) is -2.26. The summed E-state index contributed by atoms with van der Waals surface area (Å²) in [5.74, 6) is 0. The van der Waals surface area contributed by atoms with Crippen molar-refractivity contribution in [1.82, 2.24) is 0 Å². The van der Waals surface area contributed by atoms with Crippen molar-refractivity contribution < 1.29 is 10.0 Å². The SMILES string of the molecule is O[B]O.[Na].[Na]. The maximum absolute atomic E-state index is 7.00. The summed E-state index contributed by atoms with van der Waals surface area (Å²) in [4.78, 5) is 0. The summed E-state index contributed by atoms with van der Waals surface area (Å²) in [5.41, 5.74) is 0. The molecule has 0 saturated carbocycles. The summed E-state index contributed by atoms with van der Waals surface area (Å²) >= 11 is 0. The molecule has 19 valence electrons. The van der Waals surface area contributed by atoms with Gasteiger partial charge in [0, 0.05) is 59.1 Å². The van der Waals surface area contributed by atoms with Gasteiger partial charge in [-0.1, -0.05) is 0 Å². The van der Waals surface area contributed by atoms with Crippen LogP contribution in [0, 0.1) is 0 Å². The Hall–Kier alpha value is 1.98. The molecular formula is H2BNa2O2. The molecule has 0 atom stereocenters. The van der Waals surface area contributed by atoms with Gasteiger partial charge in [0.25, 0.3) is 0 Å². The molecule has 5 heteroatoms. The third kappa shape index (κ3) is 24.1. The van der Waals surface area contributed by atoms with E-state index in [-0.39, 0.29) is 66.8 Å². The fourth-order valence-corrected chi connectivity index (χ4v) is 0. The fraction of sp³-hybridized carbons (Fsp3) is 0. The van der Waals surface area contributed by atoms with Crippen LogP contribution in [0.5, 0.6) is 0 Å². The van der Waals surface area contributed by atoms with Gasteiger partial charge in [-0.2, -0.15) is 0 Å². The summed E-state index contributed by atoms with van der Waals surface area (Å²) in [6.45, 7) is 0. The van der Waals surface area contributed by atoms with Crippen LogP contribution in [0.4, 0.5) is 0 Å². The first-order valence-electron chi connectivity index (χ1n) is 0.516. The summed E-state index contributed by atoms with van der Waals surface area (Å²) in [5, 5.41) is 14.0. The van der Waals surface area contributed by atoms with Crippen LogP contribution in [0.15, 0.2) is 0 Å². The summed E-state index contributed by atoms with van der Waals surface area (Å²) in [6, 6.07) is 0. The molecule has 0 aromatic carbocycles. The van der Waals surface area contributed by atoms with E-state index in [1.165, 1.54) is 0 Å². The Balaban J connectivity index is -0.0000000200. The molecule has 2 N–H and O–H groups in total. The molecule has 0 amide bonds. The molecule has 0 fully saturated rings. The second-order valence-corrected chi connectivity index (χ2v) is 0.115. The second-order valence-electron chi connectivity index (χ2n) is 0.115. The van der Waals surface area contributed by atoms with Gasteiger partial charge < -0.3 is 10.0 Å². The smallest absolute Gasteiger partial charge is 0.429 e. The first-order chi connectivity index (χ1) is 1.41. The number of hydrogen-bond acceptors (Lipinski definition) is 2. The van der Waals surface area contributed by atoms with E-state index in [0.29, 0.717) is 0 Å². The molecule has 2 nitrogen and oxygen atoms in total. The summed E-state index contributed by atoms with van der Waals surface area (Å²) in [6.07, 6.45) is 0. The molecule has 0 aromatic heterocycles. The molecule has 0 heterocycles. The second kappa shape index (κ2) is 16.7. The van der Waals surface area contributed by atoms with Crippen LogP contribution in [-0.2, 0) is 0 Å². The molecular weight excluding hydrogens is 88.8 g/mol. The molecule has 0 aliphatic carbocycles. The standard InChI is InChI=1S/BH2O2.2Na/c2-1-3;;/h2-3H;;. The van der Waals surface area contributed by atoms with Crippen LogP contribution in [0.3, 0.4) is 0 Å². The van der Waals surface area contributed by atoms with Crippen LogP contribution < -0.4 is 0 Å². The van der Waals surface area contributed by atoms with Crippen molar-refractivity contribution in [2.75, 3.05) is 0 Å². The Morgan fingerprint density at radius 2 is 1.00 bits per heavy atom. The van der Waals surface area contributed by atoms with Gasteiger partial charge in [-0.3, -0.25) is 0 Å². The summed E-state index contributed by atoms with van der Waals surface area (Å²) < 4.78 is 0. The van der Waals surface area contributed by atoms with Crippen LogP contribution >= 0.6 is 0 Å². The minimum Gasteiger partial charge on any atom is -0.429 e. The van der Waals surface area contributed by atoms with Gasteiger partial charge >= 0.3 is 7.69 Å². The number of rotatable bonds is 0. The zero-order valence-corrected chi connectivity index (χ0v) is 7.47. The van der Waals surface area contributed by atoms with Crippen molar-refractivity contribution >= 4 is 66.8 Å². The van der Waals surface area contributed by atoms with Crippen molar-refractivity contribution in [2.24, 2.45) is 0 Å². The molecule has 0 aliphatic heterocycles. The van der Waals surface area contributed by atoms with Crippen molar-refractivity contribution in [2.45, 2.75) is 0 Å². The zero-order chi connectivity index (χ0) is 2.71. The average Bonchev–Trinajstić information content (AvgIpc) is 0.918. The predicted molar refractivity (Wildman–Crippen MR) is 21.7 cm³/mol. The Kier molecular flexibility index (Phi) is 52.6. The maximum Gasteiger partial charge on any atom is 0.482 e. The molecule has 3 radical (unpaired) electrons. The van der Waals surface area contributed by atoms with Gasteiger partial charge in [-0.25, -0.2) is 0 Å². The van der Waals surface area contributed by atoms with Gasteiger partial charge in [-0.05, 0) is 0 Å². The monoisotopic (exact) mass is 91.0 g/mol. The average molecular weight is 90.8 g/mol. The van der Waals surface area contributed by atoms with Crippen LogP contribution in [-0.4, -0.2) is 76.8 Å². The number of hydrogen-bond donors (Lipinski definition) is 2. The maximum atomic E-state index is 7.00. The van der Waals surface area contributed by atoms with Gasteiger partial charge in [0.15, 0.2) is 0 Å². The molecule has 0 aromatic rings. The van der Waals surface area contributed by atoms with Crippen molar-refractivity contribution in [3.63, 3.8) is 0 Å². The van der Waals surface area contributed by atoms with E-state index in [2.05, 4.69) is 0 Å². The van der Waals surface area contributed by atoms with Crippen molar-refractivity contribution in [3.05, 3.63) is 0 Å². The molecule has 0 unspecified atom stereocenters. The van der Waals surface area contributed by atoms with Crippen LogP contribution in [0.2, 0.25) is 0 Å². The van der Waals surface area contributed by atoms with E-state index in [0.717, 1.165) is 0 Å². The topological polar surface area (TPSA) is 40.5 Å².